The highest BCUT2D eigenvalue weighted by Crippen LogP contribution is 2.14. The lowest BCUT2D eigenvalue weighted by atomic mass is 10.1. The molecule has 0 bridgehead atoms. The molecule has 2 unspecified atom stereocenters. The van der Waals surface area contributed by atoms with Crippen LogP contribution in [0.15, 0.2) is 6.07 Å². The van der Waals surface area contributed by atoms with Crippen LogP contribution in [0.1, 0.15) is 28.7 Å². The van der Waals surface area contributed by atoms with Gasteiger partial charge in [-0.05, 0) is 26.8 Å². The molecule has 0 amide bonds. The number of aryl methyl sites for hydroxylation is 2. The van der Waals surface area contributed by atoms with E-state index in [0.717, 1.165) is 23.5 Å². The Morgan fingerprint density at radius 2 is 2.26 bits per heavy atom. The standard InChI is InChI=1S/C14H22N2O3/c1-9-4-13(11(3)15-9)14(18)7-16-5-10(2)19-12(6-16)8-17/h4,10,12,15,17H,5-8H2,1-3H3. The van der Waals surface area contributed by atoms with Crippen molar-refractivity contribution in [2.45, 2.75) is 33.0 Å². The number of carbonyl (C=O) groups is 1. The van der Waals surface area contributed by atoms with Gasteiger partial charge in [-0.2, -0.15) is 0 Å². The number of nitrogens with one attached hydrogen (secondary N) is 1. The third-order valence-electron chi connectivity index (χ3n) is 3.42. The highest BCUT2D eigenvalue weighted by Gasteiger charge is 2.26. The number of morpholine rings is 1. The lowest BCUT2D eigenvalue weighted by Crippen LogP contribution is -2.49. The average Bonchev–Trinajstić information content (AvgIpc) is 2.67. The molecule has 0 aromatic carbocycles. The van der Waals surface area contributed by atoms with E-state index in [4.69, 9.17) is 4.74 Å². The molecule has 2 N–H and O–H groups in total. The fraction of sp³-hybridized carbons (Fsp3) is 0.643. The molecule has 5 heteroatoms. The van der Waals surface area contributed by atoms with E-state index in [2.05, 4.69) is 9.88 Å². The predicted octanol–water partition coefficient (Wildman–Crippen LogP) is 0.896. The number of rotatable bonds is 4. The number of aliphatic hydroxyl groups is 1. The minimum Gasteiger partial charge on any atom is -0.394 e. The summed E-state index contributed by atoms with van der Waals surface area (Å²) in [5.41, 5.74) is 2.68. The summed E-state index contributed by atoms with van der Waals surface area (Å²) in [6, 6.07) is 1.89. The number of carbonyl (C=O) groups excluding carboxylic acids is 1. The molecule has 0 aliphatic carbocycles. The summed E-state index contributed by atoms with van der Waals surface area (Å²) in [5, 5.41) is 9.18. The Morgan fingerprint density at radius 1 is 1.53 bits per heavy atom. The van der Waals surface area contributed by atoms with Crippen LogP contribution >= 0.6 is 0 Å². The number of ether oxygens (including phenoxy) is 1. The molecule has 2 rings (SSSR count). The van der Waals surface area contributed by atoms with Crippen LogP contribution < -0.4 is 0 Å². The molecular weight excluding hydrogens is 244 g/mol. The Labute approximate surface area is 113 Å². The van der Waals surface area contributed by atoms with Crippen LogP contribution in [0, 0.1) is 13.8 Å². The van der Waals surface area contributed by atoms with E-state index in [1.165, 1.54) is 0 Å². The second kappa shape index (κ2) is 5.86. The zero-order chi connectivity index (χ0) is 14.0. The molecule has 0 saturated carbocycles. The predicted molar refractivity (Wildman–Crippen MR) is 72.5 cm³/mol. The van der Waals surface area contributed by atoms with Crippen molar-refractivity contribution in [2.75, 3.05) is 26.2 Å². The number of aromatic amines is 1. The summed E-state index contributed by atoms with van der Waals surface area (Å²) in [7, 11) is 0. The molecule has 1 aliphatic heterocycles. The summed E-state index contributed by atoms with van der Waals surface area (Å²) < 4.78 is 5.57. The van der Waals surface area contributed by atoms with E-state index in [1.807, 2.05) is 26.8 Å². The molecule has 2 atom stereocenters. The van der Waals surface area contributed by atoms with Gasteiger partial charge in [0, 0.05) is 30.0 Å². The van der Waals surface area contributed by atoms with Crippen LogP contribution in [0.5, 0.6) is 0 Å². The molecule has 0 radical (unpaired) electrons. The zero-order valence-corrected chi connectivity index (χ0v) is 11.8. The van der Waals surface area contributed by atoms with E-state index in [-0.39, 0.29) is 24.6 Å². The minimum atomic E-state index is -0.189. The number of nitrogens with zero attached hydrogens (tertiary/aromatic N) is 1. The molecule has 0 spiro atoms. The Hall–Kier alpha value is -1.17. The van der Waals surface area contributed by atoms with Gasteiger partial charge < -0.3 is 14.8 Å². The monoisotopic (exact) mass is 266 g/mol. The van der Waals surface area contributed by atoms with Crippen molar-refractivity contribution in [3.63, 3.8) is 0 Å². The maximum absolute atomic E-state index is 12.3. The van der Waals surface area contributed by atoms with Gasteiger partial charge in [0.15, 0.2) is 5.78 Å². The first-order valence-electron chi connectivity index (χ1n) is 6.67. The summed E-state index contributed by atoms with van der Waals surface area (Å²) in [6.45, 7) is 7.53. The molecule has 1 saturated heterocycles. The lowest BCUT2D eigenvalue weighted by molar-refractivity contribution is -0.0926. The zero-order valence-electron chi connectivity index (χ0n) is 11.8. The number of ketones is 1. The largest absolute Gasteiger partial charge is 0.394 e. The topological polar surface area (TPSA) is 65.6 Å². The van der Waals surface area contributed by atoms with Gasteiger partial charge in [0.1, 0.15) is 0 Å². The van der Waals surface area contributed by atoms with Crippen molar-refractivity contribution in [1.82, 2.24) is 9.88 Å². The van der Waals surface area contributed by atoms with Crippen LogP contribution in [0.25, 0.3) is 0 Å². The summed E-state index contributed by atoms with van der Waals surface area (Å²) in [4.78, 5) is 17.5. The quantitative estimate of drug-likeness (QED) is 0.795. The molecule has 1 aromatic heterocycles. The third kappa shape index (κ3) is 3.43. The SMILES string of the molecule is Cc1cc(C(=O)CN2CC(C)OC(CO)C2)c(C)[nH]1. The Morgan fingerprint density at radius 3 is 2.84 bits per heavy atom. The van der Waals surface area contributed by atoms with Crippen LogP contribution in [0.4, 0.5) is 0 Å². The van der Waals surface area contributed by atoms with Gasteiger partial charge in [0.25, 0.3) is 0 Å². The van der Waals surface area contributed by atoms with Gasteiger partial charge in [0.2, 0.25) is 0 Å². The first kappa shape index (κ1) is 14.2. The van der Waals surface area contributed by atoms with Gasteiger partial charge in [-0.3, -0.25) is 9.69 Å². The number of Topliss-reactive ketones (excluding diaryl/α,β-unsaturated/α-hetero) is 1. The maximum atomic E-state index is 12.3. The van der Waals surface area contributed by atoms with E-state index < -0.39 is 0 Å². The van der Waals surface area contributed by atoms with Crippen molar-refractivity contribution < 1.29 is 14.6 Å². The average molecular weight is 266 g/mol. The van der Waals surface area contributed by atoms with E-state index in [0.29, 0.717) is 13.1 Å². The smallest absolute Gasteiger partial charge is 0.178 e. The second-order valence-electron chi connectivity index (χ2n) is 5.36. The summed E-state index contributed by atoms with van der Waals surface area (Å²) in [6.07, 6.45) is -0.140. The number of hydrogen-bond acceptors (Lipinski definition) is 4. The number of aromatic nitrogens is 1. The van der Waals surface area contributed by atoms with E-state index in [9.17, 15) is 9.90 Å². The van der Waals surface area contributed by atoms with Crippen LogP contribution in [-0.2, 0) is 4.74 Å². The van der Waals surface area contributed by atoms with E-state index >= 15 is 0 Å². The van der Waals surface area contributed by atoms with Gasteiger partial charge in [-0.25, -0.2) is 0 Å². The molecule has 106 valence electrons. The molecule has 1 aromatic rings. The molecule has 1 aliphatic rings. The van der Waals surface area contributed by atoms with Crippen molar-refractivity contribution in [1.29, 1.82) is 0 Å². The molecular formula is C14H22N2O3. The van der Waals surface area contributed by atoms with E-state index in [1.54, 1.807) is 0 Å². The van der Waals surface area contributed by atoms with Gasteiger partial charge in [0.05, 0.1) is 25.4 Å². The minimum absolute atomic E-state index is 0.00266. The van der Waals surface area contributed by atoms with Gasteiger partial charge >= 0.3 is 0 Å². The molecule has 1 fully saturated rings. The van der Waals surface area contributed by atoms with Crippen LogP contribution in [0.3, 0.4) is 0 Å². The molecule has 5 nitrogen and oxygen atoms in total. The molecule has 19 heavy (non-hydrogen) atoms. The summed E-state index contributed by atoms with van der Waals surface area (Å²) >= 11 is 0. The second-order valence-corrected chi connectivity index (χ2v) is 5.36. The first-order chi connectivity index (χ1) is 8.99. The van der Waals surface area contributed by atoms with Crippen molar-refractivity contribution in [3.8, 4) is 0 Å². The van der Waals surface area contributed by atoms with Crippen molar-refractivity contribution in [2.24, 2.45) is 0 Å². The van der Waals surface area contributed by atoms with Crippen molar-refractivity contribution in [3.05, 3.63) is 23.0 Å². The number of H-pyrrole nitrogens is 1. The van der Waals surface area contributed by atoms with Gasteiger partial charge in [-0.15, -0.1) is 0 Å². The number of hydrogen-bond donors (Lipinski definition) is 2. The summed E-state index contributed by atoms with van der Waals surface area (Å²) in [5.74, 6) is 0.118. The highest BCUT2D eigenvalue weighted by atomic mass is 16.5. The van der Waals surface area contributed by atoms with Crippen LogP contribution in [0.2, 0.25) is 0 Å². The third-order valence-corrected chi connectivity index (χ3v) is 3.42. The Kier molecular flexibility index (Phi) is 4.39. The molecule has 2 heterocycles. The fourth-order valence-electron chi connectivity index (χ4n) is 2.67. The fourth-order valence-corrected chi connectivity index (χ4v) is 2.67. The number of aliphatic hydroxyl groups excluding tert-OH is 1. The first-order valence-corrected chi connectivity index (χ1v) is 6.67. The maximum Gasteiger partial charge on any atom is 0.178 e. The normalized spacial score (nSPS) is 24.6. The Bertz CT molecular complexity index is 456. The van der Waals surface area contributed by atoms with Crippen molar-refractivity contribution >= 4 is 5.78 Å². The van der Waals surface area contributed by atoms with Crippen LogP contribution in [-0.4, -0.2) is 59.2 Å². The lowest BCUT2D eigenvalue weighted by Gasteiger charge is -2.35. The highest BCUT2D eigenvalue weighted by molar-refractivity contribution is 5.98. The Balaban J connectivity index is 2.00. The van der Waals surface area contributed by atoms with Gasteiger partial charge in [-0.1, -0.05) is 0 Å².